The van der Waals surface area contributed by atoms with Crippen LogP contribution in [0.4, 0.5) is 5.69 Å². The van der Waals surface area contributed by atoms with E-state index in [9.17, 15) is 9.59 Å². The van der Waals surface area contributed by atoms with E-state index in [1.54, 1.807) is 22.3 Å². The van der Waals surface area contributed by atoms with Gasteiger partial charge in [-0.05, 0) is 47.1 Å². The number of ketones is 1. The molecule has 1 amide bonds. The molecule has 19 heavy (non-hydrogen) atoms. The number of Topliss-reactive ketones (excluding diaryl/α,β-unsaturated/α-hetero) is 1. The molecule has 3 nitrogen and oxygen atoms in total. The monoisotopic (exact) mass is 335 g/mol. The quantitative estimate of drug-likeness (QED) is 0.787. The molecular weight excluding hydrogens is 326 g/mol. The summed E-state index contributed by atoms with van der Waals surface area (Å²) in [5, 5.41) is 0. The van der Waals surface area contributed by atoms with Crippen molar-refractivity contribution in [2.45, 2.75) is 13.5 Å². The SMILES string of the molecule is Cc1ccc2c(c1)C(=O)C(=O)N2Cc1ccc(Br)s1. The summed E-state index contributed by atoms with van der Waals surface area (Å²) in [6.07, 6.45) is 0. The zero-order valence-corrected chi connectivity index (χ0v) is 12.5. The van der Waals surface area contributed by atoms with Gasteiger partial charge in [-0.2, -0.15) is 0 Å². The highest BCUT2D eigenvalue weighted by atomic mass is 79.9. The first-order valence-electron chi connectivity index (χ1n) is 5.77. The molecule has 0 fully saturated rings. The fraction of sp³-hybridized carbons (Fsp3) is 0.143. The maximum absolute atomic E-state index is 12.1. The molecule has 0 saturated heterocycles. The van der Waals surface area contributed by atoms with Gasteiger partial charge in [0.1, 0.15) is 0 Å². The van der Waals surface area contributed by atoms with E-state index in [-0.39, 0.29) is 0 Å². The van der Waals surface area contributed by atoms with Gasteiger partial charge in [0.15, 0.2) is 0 Å². The molecule has 0 saturated carbocycles. The molecule has 0 unspecified atom stereocenters. The lowest BCUT2D eigenvalue weighted by Crippen LogP contribution is -2.28. The number of hydrogen-bond acceptors (Lipinski definition) is 3. The van der Waals surface area contributed by atoms with E-state index in [0.29, 0.717) is 17.8 Å². The lowest BCUT2D eigenvalue weighted by atomic mass is 10.1. The first kappa shape index (κ1) is 12.6. The van der Waals surface area contributed by atoms with Gasteiger partial charge in [-0.1, -0.05) is 11.6 Å². The van der Waals surface area contributed by atoms with Gasteiger partial charge in [0.05, 0.1) is 21.6 Å². The molecule has 0 bridgehead atoms. The van der Waals surface area contributed by atoms with E-state index in [1.165, 1.54) is 0 Å². The molecule has 2 aromatic rings. The molecule has 0 atom stereocenters. The first-order chi connectivity index (χ1) is 9.06. The second-order valence-electron chi connectivity index (χ2n) is 4.45. The summed E-state index contributed by atoms with van der Waals surface area (Å²) in [4.78, 5) is 26.6. The predicted octanol–water partition coefficient (Wildman–Crippen LogP) is 3.55. The zero-order valence-electron chi connectivity index (χ0n) is 10.1. The van der Waals surface area contributed by atoms with E-state index in [1.807, 2.05) is 31.2 Å². The number of halogens is 1. The van der Waals surface area contributed by atoms with E-state index in [2.05, 4.69) is 15.9 Å². The van der Waals surface area contributed by atoms with Crippen molar-refractivity contribution in [1.82, 2.24) is 0 Å². The topological polar surface area (TPSA) is 37.4 Å². The van der Waals surface area contributed by atoms with Crippen LogP contribution in [0.1, 0.15) is 20.8 Å². The Bertz CT molecular complexity index is 693. The lowest BCUT2D eigenvalue weighted by Gasteiger charge is -2.15. The van der Waals surface area contributed by atoms with Crippen molar-refractivity contribution < 1.29 is 9.59 Å². The van der Waals surface area contributed by atoms with Crippen LogP contribution in [-0.4, -0.2) is 11.7 Å². The fourth-order valence-corrected chi connectivity index (χ4v) is 3.64. The van der Waals surface area contributed by atoms with Gasteiger partial charge in [-0.3, -0.25) is 14.5 Å². The predicted molar refractivity (Wildman–Crippen MR) is 78.7 cm³/mol. The molecule has 0 aliphatic carbocycles. The third-order valence-electron chi connectivity index (χ3n) is 3.07. The smallest absolute Gasteiger partial charge is 0.299 e. The van der Waals surface area contributed by atoms with Gasteiger partial charge in [0.25, 0.3) is 11.7 Å². The highest BCUT2D eigenvalue weighted by molar-refractivity contribution is 9.11. The maximum atomic E-state index is 12.1. The minimum atomic E-state index is -0.440. The van der Waals surface area contributed by atoms with Crippen LogP contribution in [0.3, 0.4) is 0 Å². The number of anilines is 1. The van der Waals surface area contributed by atoms with Crippen molar-refractivity contribution >= 4 is 44.6 Å². The molecular formula is C14H10BrNO2S. The van der Waals surface area contributed by atoms with Crippen molar-refractivity contribution in [3.8, 4) is 0 Å². The summed E-state index contributed by atoms with van der Waals surface area (Å²) in [7, 11) is 0. The van der Waals surface area contributed by atoms with Crippen molar-refractivity contribution in [2.24, 2.45) is 0 Å². The number of aryl methyl sites for hydroxylation is 1. The Kier molecular flexibility index (Phi) is 3.03. The van der Waals surface area contributed by atoms with E-state index >= 15 is 0 Å². The first-order valence-corrected chi connectivity index (χ1v) is 7.38. The largest absolute Gasteiger partial charge is 0.300 e. The molecule has 2 heterocycles. The Labute approximate surface area is 123 Å². The highest BCUT2D eigenvalue weighted by Crippen LogP contribution is 2.32. The lowest BCUT2D eigenvalue weighted by molar-refractivity contribution is -0.114. The minimum absolute atomic E-state index is 0.408. The van der Waals surface area contributed by atoms with E-state index in [0.717, 1.165) is 14.2 Å². The van der Waals surface area contributed by atoms with Gasteiger partial charge in [-0.15, -0.1) is 11.3 Å². The summed E-state index contributed by atoms with van der Waals surface area (Å²) in [5.74, 6) is -0.848. The average molecular weight is 336 g/mol. The van der Waals surface area contributed by atoms with Gasteiger partial charge in [0, 0.05) is 4.88 Å². The molecule has 1 aliphatic rings. The normalized spacial score (nSPS) is 14.1. The minimum Gasteiger partial charge on any atom is -0.300 e. The maximum Gasteiger partial charge on any atom is 0.299 e. The van der Waals surface area contributed by atoms with Gasteiger partial charge < -0.3 is 0 Å². The van der Waals surface area contributed by atoms with Crippen LogP contribution >= 0.6 is 27.3 Å². The summed E-state index contributed by atoms with van der Waals surface area (Å²) >= 11 is 4.97. The standard InChI is InChI=1S/C14H10BrNO2S/c1-8-2-4-11-10(6-8)13(17)14(18)16(11)7-9-3-5-12(15)19-9/h2-6H,7H2,1H3. The molecule has 1 aliphatic heterocycles. The van der Waals surface area contributed by atoms with Crippen LogP contribution in [0.25, 0.3) is 0 Å². The second-order valence-corrected chi connectivity index (χ2v) is 6.99. The van der Waals surface area contributed by atoms with Crippen LogP contribution < -0.4 is 4.90 Å². The van der Waals surface area contributed by atoms with Crippen LogP contribution in [0.2, 0.25) is 0 Å². The van der Waals surface area contributed by atoms with Crippen molar-refractivity contribution in [1.29, 1.82) is 0 Å². The highest BCUT2D eigenvalue weighted by Gasteiger charge is 2.35. The molecule has 1 aromatic heterocycles. The van der Waals surface area contributed by atoms with Crippen LogP contribution in [0.15, 0.2) is 34.1 Å². The molecule has 0 N–H and O–H groups in total. The number of benzene rings is 1. The number of carbonyl (C=O) groups is 2. The molecule has 0 spiro atoms. The van der Waals surface area contributed by atoms with E-state index < -0.39 is 11.7 Å². The van der Waals surface area contributed by atoms with Crippen LogP contribution in [0, 0.1) is 6.92 Å². The second kappa shape index (κ2) is 4.58. The Morgan fingerprint density at radius 3 is 2.68 bits per heavy atom. The molecule has 96 valence electrons. The number of carbonyl (C=O) groups excluding carboxylic acids is 2. The number of hydrogen-bond donors (Lipinski definition) is 0. The number of rotatable bonds is 2. The van der Waals surface area contributed by atoms with Crippen molar-refractivity contribution in [3.05, 3.63) is 50.1 Å². The molecule has 0 radical (unpaired) electrons. The third-order valence-corrected chi connectivity index (χ3v) is 4.68. The van der Waals surface area contributed by atoms with Crippen molar-refractivity contribution in [3.63, 3.8) is 0 Å². The van der Waals surface area contributed by atoms with Gasteiger partial charge in [0.2, 0.25) is 0 Å². The summed E-state index contributed by atoms with van der Waals surface area (Å²) in [6.45, 7) is 2.36. The molecule has 5 heteroatoms. The summed E-state index contributed by atoms with van der Waals surface area (Å²) in [6, 6.07) is 9.44. The summed E-state index contributed by atoms with van der Waals surface area (Å²) in [5.41, 5.74) is 2.21. The number of fused-ring (bicyclic) bond motifs is 1. The molecule has 1 aromatic carbocycles. The van der Waals surface area contributed by atoms with Gasteiger partial charge in [-0.25, -0.2) is 0 Å². The number of amides is 1. The summed E-state index contributed by atoms with van der Waals surface area (Å²) < 4.78 is 1.02. The van der Waals surface area contributed by atoms with Crippen molar-refractivity contribution in [2.75, 3.05) is 4.90 Å². The average Bonchev–Trinajstić information content (AvgIpc) is 2.88. The van der Waals surface area contributed by atoms with Crippen LogP contribution in [-0.2, 0) is 11.3 Å². The van der Waals surface area contributed by atoms with Crippen LogP contribution in [0.5, 0.6) is 0 Å². The Balaban J connectivity index is 1.99. The Hall–Kier alpha value is -1.46. The molecule has 3 rings (SSSR count). The van der Waals surface area contributed by atoms with E-state index in [4.69, 9.17) is 0 Å². The number of nitrogens with zero attached hydrogens (tertiary/aromatic N) is 1. The fourth-order valence-electron chi connectivity index (χ4n) is 2.16. The third kappa shape index (κ3) is 2.13. The van der Waals surface area contributed by atoms with Gasteiger partial charge >= 0.3 is 0 Å². The Morgan fingerprint density at radius 1 is 1.21 bits per heavy atom. The Morgan fingerprint density at radius 2 is 2.00 bits per heavy atom. The zero-order chi connectivity index (χ0) is 13.6. The number of thiophene rings is 1.